The molecule has 1 aliphatic rings. The molecule has 0 unspecified atom stereocenters. The van der Waals surface area contributed by atoms with E-state index in [0.717, 1.165) is 43.2 Å². The second kappa shape index (κ2) is 6.30. The maximum absolute atomic E-state index is 14.2. The van der Waals surface area contributed by atoms with Crippen LogP contribution in [0.15, 0.2) is 41.3 Å². The summed E-state index contributed by atoms with van der Waals surface area (Å²) in [5.74, 6) is -1.04. The van der Waals surface area contributed by atoms with Gasteiger partial charge in [-0.2, -0.15) is 0 Å². The minimum absolute atomic E-state index is 0.0449. The van der Waals surface area contributed by atoms with Gasteiger partial charge < -0.3 is 0 Å². The van der Waals surface area contributed by atoms with E-state index in [9.17, 15) is 21.2 Å². The van der Waals surface area contributed by atoms with Crippen molar-refractivity contribution in [2.24, 2.45) is 0 Å². The van der Waals surface area contributed by atoms with E-state index in [-0.39, 0.29) is 5.69 Å². The van der Waals surface area contributed by atoms with Crippen LogP contribution < -0.4 is 9.44 Å². The fourth-order valence-electron chi connectivity index (χ4n) is 2.84. The van der Waals surface area contributed by atoms with Crippen LogP contribution in [0.1, 0.15) is 17.5 Å². The third kappa shape index (κ3) is 4.10. The summed E-state index contributed by atoms with van der Waals surface area (Å²) in [7, 11) is -7.70. The Morgan fingerprint density at radius 2 is 1.52 bits per heavy atom. The lowest BCUT2D eigenvalue weighted by molar-refractivity contribution is 0.571. The number of aryl methyl sites for hydroxylation is 2. The monoisotopic (exact) mass is 384 g/mol. The summed E-state index contributed by atoms with van der Waals surface area (Å²) in [4.78, 5) is -0.549. The van der Waals surface area contributed by atoms with E-state index in [0.29, 0.717) is 5.69 Å². The molecule has 1 aliphatic carbocycles. The lowest BCUT2D eigenvalue weighted by Gasteiger charge is -2.11. The van der Waals surface area contributed by atoms with Gasteiger partial charge in [0.05, 0.1) is 11.9 Å². The van der Waals surface area contributed by atoms with E-state index in [1.54, 1.807) is 12.1 Å². The Balaban J connectivity index is 1.87. The van der Waals surface area contributed by atoms with Crippen molar-refractivity contribution in [1.82, 2.24) is 0 Å². The topological polar surface area (TPSA) is 92.3 Å². The molecule has 134 valence electrons. The van der Waals surface area contributed by atoms with E-state index in [1.165, 1.54) is 11.6 Å². The summed E-state index contributed by atoms with van der Waals surface area (Å²) in [6.45, 7) is 0. The lowest BCUT2D eigenvalue weighted by atomic mass is 10.1. The van der Waals surface area contributed by atoms with Gasteiger partial charge >= 0.3 is 0 Å². The summed E-state index contributed by atoms with van der Waals surface area (Å²) in [5.41, 5.74) is 2.62. The van der Waals surface area contributed by atoms with Gasteiger partial charge in [-0.1, -0.05) is 6.07 Å². The van der Waals surface area contributed by atoms with E-state index in [4.69, 9.17) is 0 Å². The minimum Gasteiger partial charge on any atom is -0.284 e. The molecule has 6 nitrogen and oxygen atoms in total. The largest absolute Gasteiger partial charge is 0.284 e. The van der Waals surface area contributed by atoms with Crippen molar-refractivity contribution in [1.29, 1.82) is 0 Å². The Kier molecular flexibility index (Phi) is 4.46. The third-order valence-electron chi connectivity index (χ3n) is 3.88. The molecule has 2 aromatic carbocycles. The van der Waals surface area contributed by atoms with Gasteiger partial charge in [-0.15, -0.1) is 0 Å². The van der Waals surface area contributed by atoms with Crippen molar-refractivity contribution >= 4 is 31.4 Å². The molecule has 0 saturated heterocycles. The van der Waals surface area contributed by atoms with Crippen molar-refractivity contribution in [2.45, 2.75) is 24.2 Å². The summed E-state index contributed by atoms with van der Waals surface area (Å²) >= 11 is 0. The van der Waals surface area contributed by atoms with E-state index in [2.05, 4.69) is 9.44 Å². The molecule has 0 spiro atoms. The number of sulfonamides is 2. The summed E-state index contributed by atoms with van der Waals surface area (Å²) < 4.78 is 65.8. The van der Waals surface area contributed by atoms with Crippen LogP contribution >= 0.6 is 0 Å². The first kappa shape index (κ1) is 17.7. The van der Waals surface area contributed by atoms with Gasteiger partial charge in [0.15, 0.2) is 0 Å². The summed E-state index contributed by atoms with van der Waals surface area (Å²) in [5, 5.41) is 0. The van der Waals surface area contributed by atoms with Crippen LogP contribution in [0.2, 0.25) is 0 Å². The maximum Gasteiger partial charge on any atom is 0.264 e. The van der Waals surface area contributed by atoms with E-state index < -0.39 is 30.8 Å². The highest BCUT2D eigenvalue weighted by atomic mass is 32.2. The van der Waals surface area contributed by atoms with Gasteiger partial charge in [0.25, 0.3) is 10.0 Å². The second-order valence-electron chi connectivity index (χ2n) is 5.96. The van der Waals surface area contributed by atoms with Crippen molar-refractivity contribution in [2.75, 3.05) is 15.7 Å². The third-order valence-corrected chi connectivity index (χ3v) is 5.90. The van der Waals surface area contributed by atoms with Crippen molar-refractivity contribution in [3.05, 3.63) is 53.3 Å². The highest BCUT2D eigenvalue weighted by Crippen LogP contribution is 2.27. The molecule has 0 saturated carbocycles. The van der Waals surface area contributed by atoms with Crippen LogP contribution in [0.5, 0.6) is 0 Å². The Morgan fingerprint density at radius 3 is 2.20 bits per heavy atom. The average Bonchev–Trinajstić information content (AvgIpc) is 2.92. The molecule has 0 aliphatic heterocycles. The minimum atomic E-state index is -4.12. The predicted molar refractivity (Wildman–Crippen MR) is 94.1 cm³/mol. The normalized spacial score (nSPS) is 14.2. The Morgan fingerprint density at radius 1 is 0.880 bits per heavy atom. The number of hydrogen-bond acceptors (Lipinski definition) is 4. The maximum atomic E-state index is 14.2. The molecule has 3 rings (SSSR count). The molecule has 0 amide bonds. The van der Waals surface area contributed by atoms with Crippen LogP contribution in [-0.4, -0.2) is 23.1 Å². The zero-order valence-corrected chi connectivity index (χ0v) is 15.0. The van der Waals surface area contributed by atoms with E-state index in [1.807, 2.05) is 6.07 Å². The Labute approximate surface area is 146 Å². The van der Waals surface area contributed by atoms with Gasteiger partial charge in [0.2, 0.25) is 10.0 Å². The molecule has 25 heavy (non-hydrogen) atoms. The van der Waals surface area contributed by atoms with Crippen LogP contribution in [-0.2, 0) is 32.9 Å². The smallest absolute Gasteiger partial charge is 0.264 e. The Hall–Kier alpha value is -2.13. The molecule has 2 N–H and O–H groups in total. The van der Waals surface area contributed by atoms with Crippen LogP contribution in [0.3, 0.4) is 0 Å². The van der Waals surface area contributed by atoms with Crippen molar-refractivity contribution in [3.8, 4) is 0 Å². The average molecular weight is 384 g/mol. The molecule has 2 aromatic rings. The second-order valence-corrected chi connectivity index (χ2v) is 9.36. The Bertz CT molecular complexity index is 1030. The van der Waals surface area contributed by atoms with Crippen LogP contribution in [0.4, 0.5) is 15.8 Å². The number of fused-ring (bicyclic) bond motifs is 1. The molecule has 0 aromatic heterocycles. The number of benzene rings is 2. The van der Waals surface area contributed by atoms with Crippen LogP contribution in [0.25, 0.3) is 0 Å². The van der Waals surface area contributed by atoms with Gasteiger partial charge in [-0.3, -0.25) is 9.44 Å². The fraction of sp³-hybridized carbons (Fsp3) is 0.250. The predicted octanol–water partition coefficient (Wildman–Crippen LogP) is 2.49. The number of hydrogen-bond donors (Lipinski definition) is 2. The van der Waals surface area contributed by atoms with Gasteiger partial charge in [-0.05, 0) is 60.7 Å². The first-order valence-corrected chi connectivity index (χ1v) is 10.9. The fourth-order valence-corrected chi connectivity index (χ4v) is 4.51. The first-order chi connectivity index (χ1) is 11.6. The molecule has 9 heteroatoms. The first-order valence-electron chi connectivity index (χ1n) is 7.56. The molecule has 0 heterocycles. The molecular weight excluding hydrogens is 367 g/mol. The number of nitrogens with one attached hydrogen (secondary N) is 2. The van der Waals surface area contributed by atoms with Crippen molar-refractivity contribution in [3.63, 3.8) is 0 Å². The van der Waals surface area contributed by atoms with Gasteiger partial charge in [0, 0.05) is 5.69 Å². The summed E-state index contributed by atoms with van der Waals surface area (Å²) in [6, 6.07) is 8.34. The zero-order chi connectivity index (χ0) is 18.2. The molecule has 0 fully saturated rings. The molecule has 0 bridgehead atoms. The highest BCUT2D eigenvalue weighted by molar-refractivity contribution is 7.92. The quantitative estimate of drug-likeness (QED) is 0.828. The van der Waals surface area contributed by atoms with Crippen LogP contribution in [0, 0.1) is 5.82 Å². The highest BCUT2D eigenvalue weighted by Gasteiger charge is 2.21. The van der Waals surface area contributed by atoms with Gasteiger partial charge in [0.1, 0.15) is 10.7 Å². The molecular formula is C16H17FN2O4S2. The van der Waals surface area contributed by atoms with E-state index >= 15 is 0 Å². The SMILES string of the molecule is CS(=O)(=O)Nc1ccc(S(=O)(=O)Nc2ccc3c(c2)CCC3)c(F)c1. The number of rotatable bonds is 5. The standard InChI is InChI=1S/C16H17FN2O4S2/c1-24(20,21)18-14-7-8-16(15(17)10-14)25(22,23)19-13-6-5-11-3-2-4-12(11)9-13/h5-10,18-19H,2-4H2,1H3. The lowest BCUT2D eigenvalue weighted by Crippen LogP contribution is -2.15. The summed E-state index contributed by atoms with van der Waals surface area (Å²) in [6.07, 6.45) is 3.83. The molecule has 0 atom stereocenters. The number of anilines is 2. The zero-order valence-electron chi connectivity index (χ0n) is 13.4. The van der Waals surface area contributed by atoms with Gasteiger partial charge in [-0.25, -0.2) is 21.2 Å². The number of halogens is 1. The molecule has 0 radical (unpaired) electrons. The van der Waals surface area contributed by atoms with Crippen molar-refractivity contribution < 1.29 is 21.2 Å².